The lowest BCUT2D eigenvalue weighted by molar-refractivity contribution is 0.178. The third-order valence-corrected chi connectivity index (χ3v) is 2.95. The summed E-state index contributed by atoms with van der Waals surface area (Å²) in [5.74, 6) is 1.50. The number of nitrogens with one attached hydrogen (secondary N) is 1. The minimum Gasteiger partial charge on any atom is -0.381 e. The van der Waals surface area contributed by atoms with E-state index in [9.17, 15) is 0 Å². The van der Waals surface area contributed by atoms with E-state index in [0.29, 0.717) is 12.0 Å². The van der Waals surface area contributed by atoms with E-state index in [0.717, 1.165) is 37.6 Å². The SMILES string of the molecule is Cc1cc(CNC(C)C2CCOC2)no1. The van der Waals surface area contributed by atoms with E-state index in [1.807, 2.05) is 13.0 Å². The lowest BCUT2D eigenvalue weighted by Crippen LogP contribution is -2.33. The van der Waals surface area contributed by atoms with Crippen LogP contribution < -0.4 is 5.32 Å². The van der Waals surface area contributed by atoms with E-state index in [1.54, 1.807) is 0 Å². The first-order valence-electron chi connectivity index (χ1n) is 5.49. The van der Waals surface area contributed by atoms with Gasteiger partial charge in [0.25, 0.3) is 0 Å². The molecule has 2 unspecified atom stereocenters. The Bertz CT molecular complexity index is 305. The molecule has 4 nitrogen and oxygen atoms in total. The van der Waals surface area contributed by atoms with Gasteiger partial charge in [-0.1, -0.05) is 5.16 Å². The molecule has 1 aliphatic rings. The minimum atomic E-state index is 0.476. The van der Waals surface area contributed by atoms with E-state index in [2.05, 4.69) is 17.4 Å². The summed E-state index contributed by atoms with van der Waals surface area (Å²) in [5, 5.41) is 7.40. The van der Waals surface area contributed by atoms with E-state index >= 15 is 0 Å². The van der Waals surface area contributed by atoms with Crippen molar-refractivity contribution in [3.8, 4) is 0 Å². The molecule has 0 amide bonds. The molecule has 0 radical (unpaired) electrons. The van der Waals surface area contributed by atoms with Crippen LogP contribution in [0.15, 0.2) is 10.6 Å². The molecular weight excluding hydrogens is 192 g/mol. The molecule has 2 rings (SSSR count). The molecular formula is C11H18N2O2. The van der Waals surface area contributed by atoms with Crippen molar-refractivity contribution >= 4 is 0 Å². The molecule has 2 atom stereocenters. The summed E-state index contributed by atoms with van der Waals surface area (Å²) in [4.78, 5) is 0. The van der Waals surface area contributed by atoms with Gasteiger partial charge in [-0.3, -0.25) is 0 Å². The lowest BCUT2D eigenvalue weighted by atomic mass is 10.0. The number of rotatable bonds is 4. The Labute approximate surface area is 90.0 Å². The maximum absolute atomic E-state index is 5.36. The topological polar surface area (TPSA) is 47.3 Å². The summed E-state index contributed by atoms with van der Waals surface area (Å²) in [5.41, 5.74) is 0.971. The first-order valence-corrected chi connectivity index (χ1v) is 5.49. The highest BCUT2D eigenvalue weighted by Gasteiger charge is 2.21. The van der Waals surface area contributed by atoms with Gasteiger partial charge in [-0.05, 0) is 26.2 Å². The molecule has 84 valence electrons. The van der Waals surface area contributed by atoms with Gasteiger partial charge < -0.3 is 14.6 Å². The van der Waals surface area contributed by atoms with Gasteiger partial charge >= 0.3 is 0 Å². The van der Waals surface area contributed by atoms with Gasteiger partial charge in [-0.25, -0.2) is 0 Å². The lowest BCUT2D eigenvalue weighted by Gasteiger charge is -2.18. The molecule has 1 aliphatic heterocycles. The van der Waals surface area contributed by atoms with E-state index < -0.39 is 0 Å². The Morgan fingerprint density at radius 1 is 1.67 bits per heavy atom. The highest BCUT2D eigenvalue weighted by Crippen LogP contribution is 2.16. The normalized spacial score (nSPS) is 23.2. The molecule has 1 fully saturated rings. The van der Waals surface area contributed by atoms with Gasteiger partial charge in [0.1, 0.15) is 5.76 Å². The number of hydrogen-bond acceptors (Lipinski definition) is 4. The standard InChI is InChI=1S/C11H18N2O2/c1-8-5-11(13-15-8)6-12-9(2)10-3-4-14-7-10/h5,9-10,12H,3-4,6-7H2,1-2H3. The Morgan fingerprint density at radius 3 is 3.13 bits per heavy atom. The molecule has 0 aromatic carbocycles. The van der Waals surface area contributed by atoms with Crippen molar-refractivity contribution in [1.82, 2.24) is 10.5 Å². The number of aryl methyl sites for hydroxylation is 1. The molecule has 1 saturated heterocycles. The predicted molar refractivity (Wildman–Crippen MR) is 56.5 cm³/mol. The van der Waals surface area contributed by atoms with Crippen LogP contribution in [0.25, 0.3) is 0 Å². The smallest absolute Gasteiger partial charge is 0.133 e. The Balaban J connectivity index is 1.77. The van der Waals surface area contributed by atoms with E-state index in [-0.39, 0.29) is 0 Å². The van der Waals surface area contributed by atoms with Crippen LogP contribution in [-0.4, -0.2) is 24.4 Å². The highest BCUT2D eigenvalue weighted by molar-refractivity contribution is 5.03. The van der Waals surface area contributed by atoms with Gasteiger partial charge in [-0.2, -0.15) is 0 Å². The van der Waals surface area contributed by atoms with E-state index in [4.69, 9.17) is 9.26 Å². The van der Waals surface area contributed by atoms with Crippen molar-refractivity contribution in [2.45, 2.75) is 32.9 Å². The summed E-state index contributed by atoms with van der Waals surface area (Å²) in [7, 11) is 0. The van der Waals surface area contributed by atoms with Crippen molar-refractivity contribution in [2.24, 2.45) is 5.92 Å². The summed E-state index contributed by atoms with van der Waals surface area (Å²) in [6, 6.07) is 2.44. The van der Waals surface area contributed by atoms with Gasteiger partial charge in [0, 0.05) is 25.3 Å². The monoisotopic (exact) mass is 210 g/mol. The van der Waals surface area contributed by atoms with E-state index in [1.165, 1.54) is 0 Å². The zero-order valence-corrected chi connectivity index (χ0v) is 9.32. The molecule has 1 N–H and O–H groups in total. The van der Waals surface area contributed by atoms with Crippen molar-refractivity contribution in [3.63, 3.8) is 0 Å². The fourth-order valence-electron chi connectivity index (χ4n) is 1.88. The Morgan fingerprint density at radius 2 is 2.53 bits per heavy atom. The van der Waals surface area contributed by atoms with Crippen LogP contribution in [0, 0.1) is 12.8 Å². The molecule has 15 heavy (non-hydrogen) atoms. The fraction of sp³-hybridized carbons (Fsp3) is 0.727. The Kier molecular flexibility index (Phi) is 3.38. The Hall–Kier alpha value is -0.870. The van der Waals surface area contributed by atoms with Crippen LogP contribution in [0.5, 0.6) is 0 Å². The number of nitrogens with zero attached hydrogens (tertiary/aromatic N) is 1. The fourth-order valence-corrected chi connectivity index (χ4v) is 1.88. The average molecular weight is 210 g/mol. The first-order chi connectivity index (χ1) is 7.25. The maximum Gasteiger partial charge on any atom is 0.133 e. The van der Waals surface area contributed by atoms with Crippen molar-refractivity contribution < 1.29 is 9.26 Å². The van der Waals surface area contributed by atoms with Gasteiger partial charge in [0.15, 0.2) is 0 Å². The summed E-state index contributed by atoms with van der Waals surface area (Å²) in [6.45, 7) is 6.66. The largest absolute Gasteiger partial charge is 0.381 e. The molecule has 1 aromatic rings. The van der Waals surface area contributed by atoms with Crippen molar-refractivity contribution in [3.05, 3.63) is 17.5 Å². The third-order valence-electron chi connectivity index (χ3n) is 2.95. The van der Waals surface area contributed by atoms with Crippen LogP contribution in [0.4, 0.5) is 0 Å². The van der Waals surface area contributed by atoms with Gasteiger partial charge in [-0.15, -0.1) is 0 Å². The van der Waals surface area contributed by atoms with Crippen LogP contribution in [-0.2, 0) is 11.3 Å². The molecule has 2 heterocycles. The van der Waals surface area contributed by atoms with Crippen molar-refractivity contribution in [2.75, 3.05) is 13.2 Å². The van der Waals surface area contributed by atoms with Crippen LogP contribution in [0.3, 0.4) is 0 Å². The quantitative estimate of drug-likeness (QED) is 0.818. The van der Waals surface area contributed by atoms with Gasteiger partial charge in [0.05, 0.1) is 12.3 Å². The maximum atomic E-state index is 5.36. The molecule has 0 aliphatic carbocycles. The second-order valence-electron chi connectivity index (χ2n) is 4.22. The van der Waals surface area contributed by atoms with Crippen LogP contribution >= 0.6 is 0 Å². The summed E-state index contributed by atoms with van der Waals surface area (Å²) in [6.07, 6.45) is 1.16. The number of ether oxygens (including phenoxy) is 1. The second-order valence-corrected chi connectivity index (χ2v) is 4.22. The minimum absolute atomic E-state index is 0.476. The van der Waals surface area contributed by atoms with Gasteiger partial charge in [0.2, 0.25) is 0 Å². The molecule has 0 bridgehead atoms. The molecule has 1 aromatic heterocycles. The molecule has 0 spiro atoms. The summed E-state index contributed by atoms with van der Waals surface area (Å²) >= 11 is 0. The zero-order valence-electron chi connectivity index (χ0n) is 9.32. The second kappa shape index (κ2) is 4.77. The van der Waals surface area contributed by atoms with Crippen LogP contribution in [0.2, 0.25) is 0 Å². The third kappa shape index (κ3) is 2.79. The predicted octanol–water partition coefficient (Wildman–Crippen LogP) is 1.50. The molecule has 4 heteroatoms. The zero-order chi connectivity index (χ0) is 10.7. The van der Waals surface area contributed by atoms with Crippen molar-refractivity contribution in [1.29, 1.82) is 0 Å². The van der Waals surface area contributed by atoms with Crippen LogP contribution in [0.1, 0.15) is 24.8 Å². The number of aromatic nitrogens is 1. The summed E-state index contributed by atoms with van der Waals surface area (Å²) < 4.78 is 10.4. The molecule has 0 saturated carbocycles. The number of hydrogen-bond donors (Lipinski definition) is 1. The first kappa shape index (κ1) is 10.6. The highest BCUT2D eigenvalue weighted by atomic mass is 16.5. The average Bonchev–Trinajstić information content (AvgIpc) is 2.84.